The lowest BCUT2D eigenvalue weighted by Gasteiger charge is -2.53. The second-order valence-electron chi connectivity index (χ2n) is 7.36. The van der Waals surface area contributed by atoms with Crippen molar-refractivity contribution in [3.05, 3.63) is 11.6 Å². The molecule has 3 rings (SSSR count). The van der Waals surface area contributed by atoms with E-state index in [0.29, 0.717) is 11.3 Å². The zero-order valence-corrected chi connectivity index (χ0v) is 11.0. The normalized spacial score (nSPS) is 47.7. The minimum atomic E-state index is -0.103. The molecule has 1 nitrogen and oxygen atoms in total. The Morgan fingerprint density at radius 2 is 1.81 bits per heavy atom. The number of rotatable bonds is 0. The van der Waals surface area contributed by atoms with Crippen LogP contribution in [0.1, 0.15) is 53.4 Å². The molecule has 0 aromatic carbocycles. The molecule has 0 saturated heterocycles. The summed E-state index contributed by atoms with van der Waals surface area (Å²) in [6, 6.07) is 0. The van der Waals surface area contributed by atoms with E-state index >= 15 is 0 Å². The lowest BCUT2D eigenvalue weighted by Crippen LogP contribution is -2.50. The molecule has 16 heavy (non-hydrogen) atoms. The van der Waals surface area contributed by atoms with E-state index in [1.807, 2.05) is 0 Å². The van der Waals surface area contributed by atoms with Crippen molar-refractivity contribution in [2.45, 2.75) is 59.5 Å². The Kier molecular flexibility index (Phi) is 1.86. The summed E-state index contributed by atoms with van der Waals surface area (Å²) in [6.07, 6.45) is 7.04. The zero-order valence-electron chi connectivity index (χ0n) is 11.0. The summed E-state index contributed by atoms with van der Waals surface area (Å²) in [4.78, 5) is 0. The van der Waals surface area contributed by atoms with Crippen molar-refractivity contribution >= 4 is 0 Å². The molecule has 0 heterocycles. The van der Waals surface area contributed by atoms with Gasteiger partial charge in [-0.1, -0.05) is 39.3 Å². The van der Waals surface area contributed by atoms with Gasteiger partial charge in [-0.15, -0.1) is 0 Å². The lowest BCUT2D eigenvalue weighted by molar-refractivity contribution is -0.0529. The fourth-order valence-corrected chi connectivity index (χ4v) is 5.00. The van der Waals surface area contributed by atoms with Crippen LogP contribution in [0.4, 0.5) is 0 Å². The molecule has 1 spiro atoms. The molecule has 3 aliphatic carbocycles. The summed E-state index contributed by atoms with van der Waals surface area (Å²) in [5.74, 6) is 0.703. The van der Waals surface area contributed by atoms with E-state index in [2.05, 4.69) is 33.8 Å². The highest BCUT2D eigenvalue weighted by atomic mass is 16.3. The van der Waals surface area contributed by atoms with Crippen LogP contribution in [0.5, 0.6) is 0 Å². The first-order valence-corrected chi connectivity index (χ1v) is 6.73. The van der Waals surface area contributed by atoms with Crippen LogP contribution < -0.4 is 0 Å². The molecule has 0 aliphatic heterocycles. The fraction of sp³-hybridized carbons (Fsp3) is 0.867. The summed E-state index contributed by atoms with van der Waals surface area (Å²) in [5, 5.41) is 10.6. The monoisotopic (exact) mass is 220 g/mol. The Morgan fingerprint density at radius 3 is 2.38 bits per heavy atom. The molecule has 0 amide bonds. The molecule has 1 N–H and O–H groups in total. The van der Waals surface area contributed by atoms with Crippen LogP contribution in [-0.4, -0.2) is 11.2 Å². The Hall–Kier alpha value is -0.300. The minimum Gasteiger partial charge on any atom is -0.392 e. The second-order valence-corrected chi connectivity index (χ2v) is 7.36. The Labute approximate surface area is 98.9 Å². The quantitative estimate of drug-likeness (QED) is 0.619. The predicted octanol–water partition coefficient (Wildman–Crippen LogP) is 3.53. The van der Waals surface area contributed by atoms with E-state index in [9.17, 15) is 5.11 Å². The average molecular weight is 220 g/mol. The second kappa shape index (κ2) is 2.75. The zero-order chi connectivity index (χ0) is 11.8. The van der Waals surface area contributed by atoms with Gasteiger partial charge in [0.15, 0.2) is 0 Å². The molecule has 90 valence electrons. The van der Waals surface area contributed by atoms with E-state index in [1.165, 1.54) is 12.8 Å². The number of aliphatic hydroxyl groups is 1. The molecular weight excluding hydrogens is 196 g/mol. The highest BCUT2D eigenvalue weighted by Crippen LogP contribution is 2.72. The summed E-state index contributed by atoms with van der Waals surface area (Å²) in [7, 11) is 0. The van der Waals surface area contributed by atoms with Gasteiger partial charge >= 0.3 is 0 Å². The molecule has 2 bridgehead atoms. The third kappa shape index (κ3) is 0.932. The molecule has 0 aromatic heterocycles. The smallest absolute Gasteiger partial charge is 0.0639 e. The van der Waals surface area contributed by atoms with Crippen LogP contribution in [0, 0.1) is 22.2 Å². The van der Waals surface area contributed by atoms with E-state index in [1.54, 1.807) is 5.57 Å². The van der Waals surface area contributed by atoms with Gasteiger partial charge in [0.05, 0.1) is 6.10 Å². The summed E-state index contributed by atoms with van der Waals surface area (Å²) in [5.41, 5.74) is 2.28. The predicted molar refractivity (Wildman–Crippen MR) is 66.0 cm³/mol. The van der Waals surface area contributed by atoms with Gasteiger partial charge in [0.1, 0.15) is 0 Å². The summed E-state index contributed by atoms with van der Waals surface area (Å²) >= 11 is 0. The molecule has 0 unspecified atom stereocenters. The van der Waals surface area contributed by atoms with Gasteiger partial charge in [-0.3, -0.25) is 0 Å². The fourth-order valence-electron chi connectivity index (χ4n) is 5.00. The topological polar surface area (TPSA) is 20.2 Å². The van der Waals surface area contributed by atoms with Gasteiger partial charge in [0, 0.05) is 5.41 Å². The number of hydrogen-bond donors (Lipinski definition) is 1. The van der Waals surface area contributed by atoms with Crippen LogP contribution in [0.3, 0.4) is 0 Å². The first-order valence-electron chi connectivity index (χ1n) is 6.73. The maximum absolute atomic E-state index is 10.6. The molecule has 3 atom stereocenters. The molecule has 0 aromatic rings. The Bertz CT molecular complexity index is 364. The van der Waals surface area contributed by atoms with E-state index in [0.717, 1.165) is 12.8 Å². The molecular formula is C15H24O. The number of aliphatic hydroxyl groups excluding tert-OH is 1. The molecule has 2 fully saturated rings. The van der Waals surface area contributed by atoms with Gasteiger partial charge in [0.2, 0.25) is 0 Å². The Balaban J connectivity index is 2.18. The van der Waals surface area contributed by atoms with Crippen LogP contribution in [0.15, 0.2) is 11.6 Å². The first-order chi connectivity index (χ1) is 7.32. The molecule has 0 radical (unpaired) electrons. The number of hydrogen-bond acceptors (Lipinski definition) is 1. The van der Waals surface area contributed by atoms with Gasteiger partial charge in [0.25, 0.3) is 0 Å². The van der Waals surface area contributed by atoms with Crippen molar-refractivity contribution in [3.63, 3.8) is 0 Å². The van der Waals surface area contributed by atoms with Crippen molar-refractivity contribution in [3.8, 4) is 0 Å². The third-order valence-corrected chi connectivity index (χ3v) is 6.12. The molecule has 3 aliphatic rings. The lowest BCUT2D eigenvalue weighted by atomic mass is 9.53. The summed E-state index contributed by atoms with van der Waals surface area (Å²) < 4.78 is 0. The Morgan fingerprint density at radius 1 is 1.12 bits per heavy atom. The van der Waals surface area contributed by atoms with Crippen molar-refractivity contribution < 1.29 is 5.11 Å². The first kappa shape index (κ1) is 10.8. The number of fused-ring (bicyclic) bond motifs is 1. The standard InChI is InChI=1S/C15H24O/c1-13(2)7-6-12(16)15-8-5-10(9-11(13)15)14(15,3)4/h9-10,12,16H,5-8H2,1-4H3/t10-,12+,15+/m0/s1. The van der Waals surface area contributed by atoms with Gasteiger partial charge < -0.3 is 5.11 Å². The average Bonchev–Trinajstić information content (AvgIpc) is 2.59. The maximum atomic E-state index is 10.6. The van der Waals surface area contributed by atoms with Crippen LogP contribution in [0.2, 0.25) is 0 Å². The van der Waals surface area contributed by atoms with E-state index in [-0.39, 0.29) is 16.9 Å². The van der Waals surface area contributed by atoms with Gasteiger partial charge in [-0.2, -0.15) is 0 Å². The molecule has 1 heteroatoms. The highest BCUT2D eigenvalue weighted by molar-refractivity contribution is 5.39. The van der Waals surface area contributed by atoms with Crippen LogP contribution >= 0.6 is 0 Å². The largest absolute Gasteiger partial charge is 0.392 e. The third-order valence-electron chi connectivity index (χ3n) is 6.12. The van der Waals surface area contributed by atoms with Crippen molar-refractivity contribution in [2.75, 3.05) is 0 Å². The van der Waals surface area contributed by atoms with Crippen molar-refractivity contribution in [1.82, 2.24) is 0 Å². The van der Waals surface area contributed by atoms with Crippen LogP contribution in [-0.2, 0) is 0 Å². The van der Waals surface area contributed by atoms with Gasteiger partial charge in [-0.25, -0.2) is 0 Å². The van der Waals surface area contributed by atoms with Gasteiger partial charge in [-0.05, 0) is 42.4 Å². The van der Waals surface area contributed by atoms with E-state index in [4.69, 9.17) is 0 Å². The highest BCUT2D eigenvalue weighted by Gasteiger charge is 2.66. The number of allylic oxidation sites excluding steroid dienone is 1. The SMILES string of the molecule is CC1(C)CC[C@@H](O)[C@@]23CC[C@@H](C=C12)C3(C)C. The van der Waals surface area contributed by atoms with Crippen molar-refractivity contribution in [2.24, 2.45) is 22.2 Å². The summed E-state index contributed by atoms with van der Waals surface area (Å²) in [6.45, 7) is 9.48. The molecule has 2 saturated carbocycles. The maximum Gasteiger partial charge on any atom is 0.0639 e. The van der Waals surface area contributed by atoms with Crippen LogP contribution in [0.25, 0.3) is 0 Å². The minimum absolute atomic E-state index is 0.103. The van der Waals surface area contributed by atoms with Crippen molar-refractivity contribution in [1.29, 1.82) is 0 Å². The van der Waals surface area contributed by atoms with E-state index < -0.39 is 0 Å².